The lowest BCUT2D eigenvalue weighted by molar-refractivity contribution is -0.129. The summed E-state index contributed by atoms with van der Waals surface area (Å²) in [5, 5.41) is 3.01. The molecule has 1 amide bonds. The van der Waals surface area contributed by atoms with Gasteiger partial charge in [-0.05, 0) is 13.8 Å². The van der Waals surface area contributed by atoms with Gasteiger partial charge in [0, 0.05) is 19.7 Å². The van der Waals surface area contributed by atoms with Gasteiger partial charge >= 0.3 is 0 Å². The maximum absolute atomic E-state index is 11.6. The summed E-state index contributed by atoms with van der Waals surface area (Å²) >= 11 is 0. The molecular formula is C10H17N5O. The molecule has 0 aliphatic rings. The molecule has 1 rings (SSSR count). The summed E-state index contributed by atoms with van der Waals surface area (Å²) in [6.07, 6.45) is 1.37. The number of carbonyl (C=O) groups excluding carboxylic acids is 1. The lowest BCUT2D eigenvalue weighted by Crippen LogP contribution is -2.37. The number of hydrogen-bond donors (Lipinski definition) is 2. The fraction of sp³-hybridized carbons (Fsp3) is 0.500. The van der Waals surface area contributed by atoms with E-state index in [9.17, 15) is 4.79 Å². The molecule has 88 valence electrons. The van der Waals surface area contributed by atoms with Crippen molar-refractivity contribution in [1.82, 2.24) is 14.9 Å². The van der Waals surface area contributed by atoms with Crippen LogP contribution >= 0.6 is 0 Å². The fourth-order valence-corrected chi connectivity index (χ4v) is 1.26. The van der Waals surface area contributed by atoms with Crippen molar-refractivity contribution in [3.05, 3.63) is 11.9 Å². The van der Waals surface area contributed by atoms with Crippen molar-refractivity contribution >= 4 is 17.5 Å². The molecule has 1 heterocycles. The highest BCUT2D eigenvalue weighted by Gasteiger charge is 2.16. The largest absolute Gasteiger partial charge is 0.383 e. The lowest BCUT2D eigenvalue weighted by Gasteiger charge is -2.19. The van der Waals surface area contributed by atoms with Crippen molar-refractivity contribution in [2.24, 2.45) is 0 Å². The van der Waals surface area contributed by atoms with Crippen molar-refractivity contribution in [2.75, 3.05) is 25.1 Å². The van der Waals surface area contributed by atoms with Crippen molar-refractivity contribution < 1.29 is 4.79 Å². The standard InChI is InChI=1S/C10H17N5O/c1-6-8(11)12-5-13-9(6)14-7(2)10(16)15(3)4/h5,7H,1-4H3,(H3,11,12,13,14). The maximum Gasteiger partial charge on any atom is 0.244 e. The molecule has 0 saturated carbocycles. The Morgan fingerprint density at radius 2 is 2.12 bits per heavy atom. The first-order valence-corrected chi connectivity index (χ1v) is 4.98. The van der Waals surface area contributed by atoms with Crippen LogP contribution in [0.1, 0.15) is 12.5 Å². The first-order valence-electron chi connectivity index (χ1n) is 4.98. The third-order valence-corrected chi connectivity index (χ3v) is 2.29. The van der Waals surface area contributed by atoms with E-state index in [1.165, 1.54) is 11.2 Å². The van der Waals surface area contributed by atoms with Crippen LogP contribution < -0.4 is 11.1 Å². The summed E-state index contributed by atoms with van der Waals surface area (Å²) in [4.78, 5) is 21.1. The van der Waals surface area contributed by atoms with E-state index in [-0.39, 0.29) is 11.9 Å². The lowest BCUT2D eigenvalue weighted by atomic mass is 10.2. The van der Waals surface area contributed by atoms with Crippen molar-refractivity contribution in [1.29, 1.82) is 0 Å². The molecule has 3 N–H and O–H groups in total. The predicted octanol–water partition coefficient (Wildman–Crippen LogP) is 0.256. The molecule has 0 radical (unpaired) electrons. The smallest absolute Gasteiger partial charge is 0.244 e. The molecule has 6 heteroatoms. The van der Waals surface area contributed by atoms with Crippen molar-refractivity contribution in [2.45, 2.75) is 19.9 Å². The molecule has 0 saturated heterocycles. The molecular weight excluding hydrogens is 206 g/mol. The van der Waals surface area contributed by atoms with Crippen LogP contribution in [0, 0.1) is 6.92 Å². The van der Waals surface area contributed by atoms with E-state index in [0.717, 1.165) is 5.56 Å². The highest BCUT2D eigenvalue weighted by atomic mass is 16.2. The monoisotopic (exact) mass is 223 g/mol. The summed E-state index contributed by atoms with van der Waals surface area (Å²) in [5.74, 6) is 0.994. The minimum Gasteiger partial charge on any atom is -0.383 e. The van der Waals surface area contributed by atoms with Gasteiger partial charge in [-0.2, -0.15) is 0 Å². The van der Waals surface area contributed by atoms with Gasteiger partial charge in [0.1, 0.15) is 24.0 Å². The molecule has 16 heavy (non-hydrogen) atoms. The van der Waals surface area contributed by atoms with Gasteiger partial charge in [-0.25, -0.2) is 9.97 Å². The zero-order chi connectivity index (χ0) is 12.3. The van der Waals surface area contributed by atoms with Crippen LogP contribution in [0.5, 0.6) is 0 Å². The van der Waals surface area contributed by atoms with Gasteiger partial charge in [0.2, 0.25) is 5.91 Å². The SMILES string of the molecule is Cc1c(N)ncnc1NC(C)C(=O)N(C)C. The molecule has 0 spiro atoms. The zero-order valence-corrected chi connectivity index (χ0v) is 9.98. The zero-order valence-electron chi connectivity index (χ0n) is 9.98. The number of hydrogen-bond acceptors (Lipinski definition) is 5. The third-order valence-electron chi connectivity index (χ3n) is 2.29. The second-order valence-corrected chi connectivity index (χ2v) is 3.83. The van der Waals surface area contributed by atoms with Gasteiger partial charge in [-0.3, -0.25) is 4.79 Å². The van der Waals surface area contributed by atoms with Gasteiger partial charge in [0.25, 0.3) is 0 Å². The van der Waals surface area contributed by atoms with Gasteiger partial charge in [-0.1, -0.05) is 0 Å². The van der Waals surface area contributed by atoms with E-state index in [1.54, 1.807) is 21.0 Å². The fourth-order valence-electron chi connectivity index (χ4n) is 1.26. The van der Waals surface area contributed by atoms with E-state index in [1.807, 2.05) is 6.92 Å². The van der Waals surface area contributed by atoms with Crippen molar-refractivity contribution in [3.8, 4) is 0 Å². The molecule has 0 bridgehead atoms. The molecule has 0 aromatic carbocycles. The van der Waals surface area contributed by atoms with E-state index in [2.05, 4.69) is 15.3 Å². The topological polar surface area (TPSA) is 84.1 Å². The quantitative estimate of drug-likeness (QED) is 0.767. The average Bonchev–Trinajstić information content (AvgIpc) is 2.23. The third kappa shape index (κ3) is 2.59. The number of nitrogen functional groups attached to an aromatic ring is 1. The van der Waals surface area contributed by atoms with Crippen LogP contribution in [0.3, 0.4) is 0 Å². The number of amides is 1. The number of anilines is 2. The van der Waals surface area contributed by atoms with Crippen LogP contribution in [-0.2, 0) is 4.79 Å². The second-order valence-electron chi connectivity index (χ2n) is 3.83. The number of nitrogens with two attached hydrogens (primary N) is 1. The summed E-state index contributed by atoms with van der Waals surface area (Å²) in [6, 6.07) is -0.344. The molecule has 6 nitrogen and oxygen atoms in total. The van der Waals surface area contributed by atoms with Gasteiger partial charge < -0.3 is 16.0 Å². The number of aromatic nitrogens is 2. The molecule has 0 aliphatic carbocycles. The van der Waals surface area contributed by atoms with Gasteiger partial charge in [0.05, 0.1) is 0 Å². The number of nitrogens with one attached hydrogen (secondary N) is 1. The Morgan fingerprint density at radius 1 is 1.50 bits per heavy atom. The number of carbonyl (C=O) groups is 1. The summed E-state index contributed by atoms with van der Waals surface area (Å²) in [5.41, 5.74) is 6.40. The van der Waals surface area contributed by atoms with Crippen LogP contribution in [0.4, 0.5) is 11.6 Å². The molecule has 1 atom stereocenters. The van der Waals surface area contributed by atoms with E-state index < -0.39 is 0 Å². The Kier molecular flexibility index (Phi) is 3.65. The first kappa shape index (κ1) is 12.2. The first-order chi connectivity index (χ1) is 7.43. The van der Waals surface area contributed by atoms with Crippen LogP contribution in [0.2, 0.25) is 0 Å². The number of likely N-dealkylation sites (N-methyl/N-ethyl adjacent to an activating group) is 1. The number of rotatable bonds is 3. The van der Waals surface area contributed by atoms with Crippen LogP contribution in [-0.4, -0.2) is 40.9 Å². The maximum atomic E-state index is 11.6. The highest BCUT2D eigenvalue weighted by Crippen LogP contribution is 2.15. The van der Waals surface area contributed by atoms with E-state index >= 15 is 0 Å². The average molecular weight is 223 g/mol. The molecule has 1 aromatic heterocycles. The Labute approximate surface area is 94.9 Å². The normalized spacial score (nSPS) is 12.0. The van der Waals surface area contributed by atoms with E-state index in [4.69, 9.17) is 5.73 Å². The van der Waals surface area contributed by atoms with E-state index in [0.29, 0.717) is 11.6 Å². The Hall–Kier alpha value is -1.85. The minimum atomic E-state index is -0.344. The molecule has 0 aliphatic heterocycles. The van der Waals surface area contributed by atoms with Crippen molar-refractivity contribution in [3.63, 3.8) is 0 Å². The van der Waals surface area contributed by atoms with Gasteiger partial charge in [0.15, 0.2) is 0 Å². The van der Waals surface area contributed by atoms with Gasteiger partial charge in [-0.15, -0.1) is 0 Å². The Bertz CT molecular complexity index is 391. The predicted molar refractivity (Wildman–Crippen MR) is 63.0 cm³/mol. The Balaban J connectivity index is 2.81. The summed E-state index contributed by atoms with van der Waals surface area (Å²) < 4.78 is 0. The van der Waals surface area contributed by atoms with Crippen LogP contribution in [0.25, 0.3) is 0 Å². The summed E-state index contributed by atoms with van der Waals surface area (Å²) in [6.45, 7) is 3.59. The number of nitrogens with zero attached hydrogens (tertiary/aromatic N) is 3. The molecule has 1 aromatic rings. The highest BCUT2D eigenvalue weighted by molar-refractivity contribution is 5.83. The minimum absolute atomic E-state index is 0.0171. The molecule has 1 unspecified atom stereocenters. The second kappa shape index (κ2) is 4.78. The summed E-state index contributed by atoms with van der Waals surface area (Å²) in [7, 11) is 3.42. The Morgan fingerprint density at radius 3 is 2.69 bits per heavy atom. The van der Waals surface area contributed by atoms with Crippen LogP contribution in [0.15, 0.2) is 6.33 Å². The molecule has 0 fully saturated rings.